The highest BCUT2D eigenvalue weighted by molar-refractivity contribution is 5.98. The quantitative estimate of drug-likeness (QED) is 0.467. The van der Waals surface area contributed by atoms with Crippen molar-refractivity contribution in [2.45, 2.75) is 51.7 Å². The molecule has 166 valence electrons. The van der Waals surface area contributed by atoms with Crippen molar-refractivity contribution in [3.8, 4) is 5.88 Å². The van der Waals surface area contributed by atoms with Gasteiger partial charge in [-0.2, -0.15) is 4.39 Å². The van der Waals surface area contributed by atoms with Crippen LogP contribution in [0.15, 0.2) is 42.1 Å². The van der Waals surface area contributed by atoms with Crippen LogP contribution in [0.2, 0.25) is 0 Å². The molecule has 31 heavy (non-hydrogen) atoms. The second-order valence-electron chi connectivity index (χ2n) is 9.09. The number of aromatic nitrogens is 1. The molecule has 0 bridgehead atoms. The maximum absolute atomic E-state index is 13.8. The van der Waals surface area contributed by atoms with Crippen molar-refractivity contribution in [2.24, 2.45) is 5.73 Å². The molecule has 1 fully saturated rings. The highest BCUT2D eigenvalue weighted by Gasteiger charge is 2.38. The first-order valence-corrected chi connectivity index (χ1v) is 10.4. The summed E-state index contributed by atoms with van der Waals surface area (Å²) in [4.78, 5) is 4.42. The number of hydrogen-bond acceptors (Lipinski definition) is 6. The van der Waals surface area contributed by atoms with Crippen LogP contribution in [0.25, 0.3) is 5.57 Å². The van der Waals surface area contributed by atoms with Crippen LogP contribution < -0.4 is 16.2 Å². The molecule has 3 rings (SSSR count). The number of nitrogens with one attached hydrogen (secondary N) is 1. The second-order valence-corrected chi connectivity index (χ2v) is 9.09. The topological polar surface area (TPSA) is 107 Å². The molecule has 0 spiro atoms. The van der Waals surface area contributed by atoms with E-state index in [1.165, 1.54) is 5.57 Å². The van der Waals surface area contributed by atoms with Crippen LogP contribution in [0.1, 0.15) is 57.2 Å². The Balaban J connectivity index is 2.18. The third-order valence-electron chi connectivity index (χ3n) is 5.16. The minimum atomic E-state index is -1.06. The third-order valence-corrected chi connectivity index (χ3v) is 5.16. The molecule has 0 radical (unpaired) electrons. The molecule has 5 N–H and O–H groups in total. The van der Waals surface area contributed by atoms with Gasteiger partial charge in [-0.15, -0.1) is 0 Å². The monoisotopic (exact) mass is 426 g/mol. The molecule has 2 aromatic rings. The second kappa shape index (κ2) is 8.77. The lowest BCUT2D eigenvalue weighted by Gasteiger charge is -2.43. The zero-order chi connectivity index (χ0) is 22.8. The van der Waals surface area contributed by atoms with Crippen molar-refractivity contribution in [3.05, 3.63) is 58.8 Å². The fourth-order valence-electron chi connectivity index (χ4n) is 4.34. The van der Waals surface area contributed by atoms with E-state index in [1.807, 2.05) is 12.1 Å². The van der Waals surface area contributed by atoms with Gasteiger partial charge in [0.05, 0.1) is 16.8 Å². The van der Waals surface area contributed by atoms with E-state index in [0.717, 1.165) is 16.7 Å². The molecular weight excluding hydrogens is 395 g/mol. The molecule has 0 aliphatic carbocycles. The Morgan fingerprint density at radius 1 is 1.13 bits per heavy atom. The summed E-state index contributed by atoms with van der Waals surface area (Å²) in [7, 11) is 0. The third kappa shape index (κ3) is 5.48. The maximum atomic E-state index is 13.8. The zero-order valence-electron chi connectivity index (χ0n) is 18.6. The standard InChI is InChI=1S/C24H31FN4O2/c1-23(2)12-17(13-24(3,4)31-23)21(15-5-7-19(27)18(11-15)22(25)28)16-6-8-20(29-14-16)30-10-9-26/h5-8,11,14,28H,9-10,12-13,26-27H2,1-4H3. The Kier molecular flexibility index (Phi) is 6.48. The van der Waals surface area contributed by atoms with Crippen LogP contribution in [-0.4, -0.2) is 35.3 Å². The van der Waals surface area contributed by atoms with Crippen LogP contribution in [0.3, 0.4) is 0 Å². The van der Waals surface area contributed by atoms with Gasteiger partial charge in [0.25, 0.3) is 0 Å². The largest absolute Gasteiger partial charge is 0.476 e. The number of pyridine rings is 1. The first-order chi connectivity index (χ1) is 14.5. The summed E-state index contributed by atoms with van der Waals surface area (Å²) in [6.45, 7) is 9.07. The number of rotatable bonds is 6. The van der Waals surface area contributed by atoms with Crippen LogP contribution >= 0.6 is 0 Å². The van der Waals surface area contributed by atoms with Gasteiger partial charge in [-0.05, 0) is 69.9 Å². The Morgan fingerprint density at radius 2 is 1.77 bits per heavy atom. The summed E-state index contributed by atoms with van der Waals surface area (Å²) in [6, 6.07) is 8.87. The smallest absolute Gasteiger partial charge is 0.214 e. The number of nitrogens with two attached hydrogens (primary N) is 2. The van der Waals surface area contributed by atoms with Crippen molar-refractivity contribution in [1.29, 1.82) is 5.41 Å². The van der Waals surface area contributed by atoms with E-state index in [2.05, 4.69) is 32.7 Å². The van der Waals surface area contributed by atoms with Gasteiger partial charge in [-0.1, -0.05) is 11.6 Å². The molecule has 0 unspecified atom stereocenters. The van der Waals surface area contributed by atoms with Crippen LogP contribution in [-0.2, 0) is 4.74 Å². The Hall–Kier alpha value is -2.77. The van der Waals surface area contributed by atoms with E-state index in [0.29, 0.717) is 31.9 Å². The van der Waals surface area contributed by atoms with E-state index >= 15 is 0 Å². The normalized spacial score (nSPS) is 17.3. The Bertz CT molecular complexity index is 979. The zero-order valence-corrected chi connectivity index (χ0v) is 18.6. The molecule has 1 aliphatic rings. The average molecular weight is 427 g/mol. The van der Waals surface area contributed by atoms with Gasteiger partial charge in [0.2, 0.25) is 11.8 Å². The van der Waals surface area contributed by atoms with E-state index in [9.17, 15) is 4.39 Å². The van der Waals surface area contributed by atoms with Crippen molar-refractivity contribution in [1.82, 2.24) is 4.98 Å². The molecule has 1 aromatic heterocycles. The number of benzene rings is 1. The lowest BCUT2D eigenvalue weighted by atomic mass is 9.79. The van der Waals surface area contributed by atoms with Gasteiger partial charge < -0.3 is 20.9 Å². The number of nitrogen functional groups attached to an aromatic ring is 1. The van der Waals surface area contributed by atoms with Gasteiger partial charge >= 0.3 is 0 Å². The number of hydrogen-bond donors (Lipinski definition) is 3. The first-order valence-electron chi connectivity index (χ1n) is 10.4. The summed E-state index contributed by atoms with van der Waals surface area (Å²) in [5, 5.41) is 7.46. The van der Waals surface area contributed by atoms with Crippen LogP contribution in [0, 0.1) is 5.41 Å². The molecule has 0 amide bonds. The SMILES string of the molecule is CC1(C)CC(=C(c2ccc(OCCN)nc2)c2ccc(N)c(C(=N)F)c2)CC(C)(C)O1. The van der Waals surface area contributed by atoms with Gasteiger partial charge in [0, 0.05) is 30.1 Å². The fraction of sp³-hybridized carbons (Fsp3) is 0.417. The molecule has 2 heterocycles. The van der Waals surface area contributed by atoms with Crippen LogP contribution in [0.5, 0.6) is 5.88 Å². The number of nitrogens with zero attached hydrogens (tertiary/aromatic N) is 1. The van der Waals surface area contributed by atoms with Crippen molar-refractivity contribution in [3.63, 3.8) is 0 Å². The highest BCUT2D eigenvalue weighted by atomic mass is 19.1. The summed E-state index contributed by atoms with van der Waals surface area (Å²) >= 11 is 0. The molecule has 1 aromatic carbocycles. The number of halogens is 1. The van der Waals surface area contributed by atoms with E-state index in [4.69, 9.17) is 26.4 Å². The van der Waals surface area contributed by atoms with Crippen molar-refractivity contribution >= 4 is 17.2 Å². The van der Waals surface area contributed by atoms with E-state index < -0.39 is 5.97 Å². The summed E-state index contributed by atoms with van der Waals surface area (Å²) < 4.78 is 25.6. The number of ether oxygens (including phenoxy) is 2. The first kappa shape index (κ1) is 22.9. The number of anilines is 1. The molecule has 0 saturated carbocycles. The maximum Gasteiger partial charge on any atom is 0.214 e. The lowest BCUT2D eigenvalue weighted by molar-refractivity contribution is -0.138. The minimum Gasteiger partial charge on any atom is -0.476 e. The predicted octanol–water partition coefficient (Wildman–Crippen LogP) is 4.47. The van der Waals surface area contributed by atoms with Gasteiger partial charge in [0.1, 0.15) is 6.61 Å². The predicted molar refractivity (Wildman–Crippen MR) is 122 cm³/mol. The van der Waals surface area contributed by atoms with Gasteiger partial charge in [0.15, 0.2) is 0 Å². The molecule has 6 nitrogen and oxygen atoms in total. The summed E-state index contributed by atoms with van der Waals surface area (Å²) in [6.07, 6.45) is 3.17. The van der Waals surface area contributed by atoms with Gasteiger partial charge in [-0.3, -0.25) is 5.41 Å². The van der Waals surface area contributed by atoms with E-state index in [1.54, 1.807) is 24.4 Å². The average Bonchev–Trinajstić information content (AvgIpc) is 2.66. The molecule has 0 atom stereocenters. The van der Waals surface area contributed by atoms with Crippen LogP contribution in [0.4, 0.5) is 10.1 Å². The van der Waals surface area contributed by atoms with E-state index in [-0.39, 0.29) is 22.5 Å². The Morgan fingerprint density at radius 3 is 2.32 bits per heavy atom. The van der Waals surface area contributed by atoms with Gasteiger partial charge in [-0.25, -0.2) is 4.98 Å². The summed E-state index contributed by atoms with van der Waals surface area (Å²) in [5.41, 5.74) is 14.8. The molecular formula is C24H31FN4O2. The molecule has 1 aliphatic heterocycles. The highest BCUT2D eigenvalue weighted by Crippen LogP contribution is 2.43. The minimum absolute atomic E-state index is 0.0806. The van der Waals surface area contributed by atoms with Crippen molar-refractivity contribution < 1.29 is 13.9 Å². The lowest BCUT2D eigenvalue weighted by Crippen LogP contribution is -2.42. The molecule has 1 saturated heterocycles. The summed E-state index contributed by atoms with van der Waals surface area (Å²) in [5.74, 6) is -0.560. The molecule has 7 heteroatoms. The van der Waals surface area contributed by atoms with Crippen molar-refractivity contribution in [2.75, 3.05) is 18.9 Å². The Labute approximate surface area is 183 Å². The fourth-order valence-corrected chi connectivity index (χ4v) is 4.34.